The minimum Gasteiger partial charge on any atom is -0.481 e. The first-order chi connectivity index (χ1) is 7.16. The Morgan fingerprint density at radius 1 is 1.53 bits per heavy atom. The lowest BCUT2D eigenvalue weighted by molar-refractivity contribution is -0.140. The van der Waals surface area contributed by atoms with Crippen molar-refractivity contribution in [2.24, 2.45) is 5.92 Å². The molecule has 15 heavy (non-hydrogen) atoms. The number of hydrogen-bond acceptors (Lipinski definition) is 4. The number of aryl methyl sites for hydroxylation is 1. The van der Waals surface area contributed by atoms with Crippen molar-refractivity contribution in [2.45, 2.75) is 13.3 Å². The van der Waals surface area contributed by atoms with Crippen LogP contribution >= 0.6 is 0 Å². The zero-order chi connectivity index (χ0) is 10.8. The molecule has 0 saturated carbocycles. The summed E-state index contributed by atoms with van der Waals surface area (Å²) in [7, 11) is 0. The van der Waals surface area contributed by atoms with Gasteiger partial charge in [0, 0.05) is 13.1 Å². The highest BCUT2D eigenvalue weighted by Crippen LogP contribution is 2.21. The molecule has 1 fully saturated rings. The van der Waals surface area contributed by atoms with Crippen LogP contribution in [0.3, 0.4) is 0 Å². The number of hydrogen-bond donors (Lipinski definition) is 1. The maximum absolute atomic E-state index is 10.8. The fourth-order valence-corrected chi connectivity index (χ4v) is 1.73. The third-order valence-corrected chi connectivity index (χ3v) is 2.65. The fraction of sp³-hybridized carbons (Fsp3) is 0.500. The number of carbonyl (C=O) groups is 1. The van der Waals surface area contributed by atoms with Crippen LogP contribution in [-0.2, 0) is 4.79 Å². The summed E-state index contributed by atoms with van der Waals surface area (Å²) < 4.78 is 0. The van der Waals surface area contributed by atoms with Crippen LogP contribution in [0.25, 0.3) is 0 Å². The Kier molecular flexibility index (Phi) is 2.53. The van der Waals surface area contributed by atoms with Crippen LogP contribution in [-0.4, -0.2) is 34.4 Å². The lowest BCUT2D eigenvalue weighted by atomic mass is 10.1. The lowest BCUT2D eigenvalue weighted by Crippen LogP contribution is -2.23. The van der Waals surface area contributed by atoms with Crippen molar-refractivity contribution in [3.63, 3.8) is 0 Å². The van der Waals surface area contributed by atoms with E-state index in [1.165, 1.54) is 0 Å². The molecule has 5 nitrogen and oxygen atoms in total. The van der Waals surface area contributed by atoms with Crippen molar-refractivity contribution in [2.75, 3.05) is 18.0 Å². The molecule has 1 aromatic rings. The standard InChI is InChI=1S/C10H13N3O2/c1-7-2-3-9(12-11-7)13-5-4-8(6-13)10(14)15/h2-3,8H,4-6H2,1H3,(H,14,15). The molecule has 0 radical (unpaired) electrons. The van der Waals surface area contributed by atoms with Crippen molar-refractivity contribution >= 4 is 11.8 Å². The van der Waals surface area contributed by atoms with Gasteiger partial charge in [0.15, 0.2) is 5.82 Å². The second-order valence-electron chi connectivity index (χ2n) is 3.80. The van der Waals surface area contributed by atoms with Crippen molar-refractivity contribution in [3.05, 3.63) is 17.8 Å². The highest BCUT2D eigenvalue weighted by Gasteiger charge is 2.28. The molecule has 0 aliphatic carbocycles. The van der Waals surface area contributed by atoms with E-state index >= 15 is 0 Å². The van der Waals surface area contributed by atoms with Gasteiger partial charge < -0.3 is 10.0 Å². The van der Waals surface area contributed by atoms with Crippen LogP contribution in [0, 0.1) is 12.8 Å². The summed E-state index contributed by atoms with van der Waals surface area (Å²) in [5.41, 5.74) is 0.868. The van der Waals surface area contributed by atoms with Gasteiger partial charge >= 0.3 is 5.97 Å². The Labute approximate surface area is 87.7 Å². The molecule has 80 valence electrons. The average Bonchev–Trinajstić information content (AvgIpc) is 2.68. The van der Waals surface area contributed by atoms with Gasteiger partial charge in [-0.2, -0.15) is 5.10 Å². The number of rotatable bonds is 2. The van der Waals surface area contributed by atoms with E-state index in [0.29, 0.717) is 13.0 Å². The van der Waals surface area contributed by atoms with Crippen LogP contribution < -0.4 is 4.90 Å². The Balaban J connectivity index is 2.07. The van der Waals surface area contributed by atoms with Crippen LogP contribution in [0.5, 0.6) is 0 Å². The second-order valence-corrected chi connectivity index (χ2v) is 3.80. The molecule has 1 aromatic heterocycles. The fourth-order valence-electron chi connectivity index (χ4n) is 1.73. The predicted molar refractivity (Wildman–Crippen MR) is 54.7 cm³/mol. The van der Waals surface area contributed by atoms with Gasteiger partial charge in [-0.15, -0.1) is 5.10 Å². The van der Waals surface area contributed by atoms with Gasteiger partial charge in [-0.3, -0.25) is 4.79 Å². The largest absolute Gasteiger partial charge is 0.481 e. The van der Waals surface area contributed by atoms with Crippen LogP contribution in [0.4, 0.5) is 5.82 Å². The molecule has 1 N–H and O–H groups in total. The summed E-state index contributed by atoms with van der Waals surface area (Å²) in [4.78, 5) is 12.7. The van der Waals surface area contributed by atoms with Gasteiger partial charge in [-0.05, 0) is 25.5 Å². The van der Waals surface area contributed by atoms with E-state index in [4.69, 9.17) is 5.11 Å². The Bertz CT molecular complexity index is 363. The normalized spacial score (nSPS) is 20.6. The first-order valence-corrected chi connectivity index (χ1v) is 4.95. The van der Waals surface area contributed by atoms with Crippen molar-refractivity contribution in [1.82, 2.24) is 10.2 Å². The molecule has 0 aromatic carbocycles. The number of anilines is 1. The second kappa shape index (κ2) is 3.84. The average molecular weight is 207 g/mol. The molecular weight excluding hydrogens is 194 g/mol. The maximum atomic E-state index is 10.8. The number of aromatic nitrogens is 2. The minimum atomic E-state index is -0.724. The zero-order valence-electron chi connectivity index (χ0n) is 8.55. The smallest absolute Gasteiger partial charge is 0.308 e. The van der Waals surface area contributed by atoms with E-state index in [-0.39, 0.29) is 5.92 Å². The first-order valence-electron chi connectivity index (χ1n) is 4.95. The van der Waals surface area contributed by atoms with E-state index in [2.05, 4.69) is 10.2 Å². The van der Waals surface area contributed by atoms with Gasteiger partial charge in [-0.25, -0.2) is 0 Å². The van der Waals surface area contributed by atoms with E-state index in [0.717, 1.165) is 18.1 Å². The third-order valence-electron chi connectivity index (χ3n) is 2.65. The van der Waals surface area contributed by atoms with Gasteiger partial charge in [0.25, 0.3) is 0 Å². The van der Waals surface area contributed by atoms with Crippen molar-refractivity contribution in [3.8, 4) is 0 Å². The van der Waals surface area contributed by atoms with Crippen molar-refractivity contribution < 1.29 is 9.90 Å². The molecule has 0 spiro atoms. The van der Waals surface area contributed by atoms with Gasteiger partial charge in [0.05, 0.1) is 11.6 Å². The van der Waals surface area contributed by atoms with Crippen LogP contribution in [0.15, 0.2) is 12.1 Å². The summed E-state index contributed by atoms with van der Waals surface area (Å²) in [6.45, 7) is 3.16. The third kappa shape index (κ3) is 2.06. The molecule has 0 amide bonds. The molecule has 1 saturated heterocycles. The van der Waals surface area contributed by atoms with Gasteiger partial charge in [0.2, 0.25) is 0 Å². The molecular formula is C10H13N3O2. The Morgan fingerprint density at radius 2 is 2.33 bits per heavy atom. The summed E-state index contributed by atoms with van der Waals surface area (Å²) in [5, 5.41) is 16.9. The number of nitrogens with zero attached hydrogens (tertiary/aromatic N) is 3. The number of aliphatic carboxylic acids is 1. The molecule has 1 aliphatic rings. The van der Waals surface area contributed by atoms with E-state index < -0.39 is 5.97 Å². The molecule has 1 aliphatic heterocycles. The molecule has 5 heteroatoms. The molecule has 2 rings (SSSR count). The monoisotopic (exact) mass is 207 g/mol. The lowest BCUT2D eigenvalue weighted by Gasteiger charge is -2.15. The number of carboxylic acids is 1. The molecule has 0 bridgehead atoms. The summed E-state index contributed by atoms with van der Waals surface area (Å²) in [5.74, 6) is -0.227. The van der Waals surface area contributed by atoms with E-state index in [1.807, 2.05) is 24.0 Å². The molecule has 1 unspecified atom stereocenters. The molecule has 2 heterocycles. The number of carboxylic acid groups (broad SMARTS) is 1. The van der Waals surface area contributed by atoms with Crippen LogP contribution in [0.1, 0.15) is 12.1 Å². The maximum Gasteiger partial charge on any atom is 0.308 e. The Hall–Kier alpha value is -1.65. The quantitative estimate of drug-likeness (QED) is 0.773. The SMILES string of the molecule is Cc1ccc(N2CCC(C(=O)O)C2)nn1. The summed E-state index contributed by atoms with van der Waals surface area (Å²) in [6.07, 6.45) is 0.685. The highest BCUT2D eigenvalue weighted by atomic mass is 16.4. The highest BCUT2D eigenvalue weighted by molar-refractivity contribution is 5.71. The van der Waals surface area contributed by atoms with Gasteiger partial charge in [0.1, 0.15) is 0 Å². The topological polar surface area (TPSA) is 66.3 Å². The zero-order valence-corrected chi connectivity index (χ0v) is 8.55. The Morgan fingerprint density at radius 3 is 2.87 bits per heavy atom. The van der Waals surface area contributed by atoms with Crippen molar-refractivity contribution in [1.29, 1.82) is 0 Å². The van der Waals surface area contributed by atoms with E-state index in [1.54, 1.807) is 0 Å². The van der Waals surface area contributed by atoms with Gasteiger partial charge in [-0.1, -0.05) is 0 Å². The first kappa shape index (κ1) is 9.89. The minimum absolute atomic E-state index is 0.270. The summed E-state index contributed by atoms with van der Waals surface area (Å²) >= 11 is 0. The molecule has 1 atom stereocenters. The van der Waals surface area contributed by atoms with Crippen LogP contribution in [0.2, 0.25) is 0 Å². The predicted octanol–water partition coefficient (Wildman–Crippen LogP) is 0.696. The van der Waals surface area contributed by atoms with E-state index in [9.17, 15) is 4.79 Å². The summed E-state index contributed by atoms with van der Waals surface area (Å²) in [6, 6.07) is 3.77.